The van der Waals surface area contributed by atoms with Crippen molar-refractivity contribution in [3.8, 4) is 0 Å². The number of aliphatic carboxylic acids is 1. The fourth-order valence-corrected chi connectivity index (χ4v) is 3.90. The van der Waals surface area contributed by atoms with Gasteiger partial charge in [-0.25, -0.2) is 9.18 Å². The highest BCUT2D eigenvalue weighted by molar-refractivity contribution is 8.26. The van der Waals surface area contributed by atoms with Gasteiger partial charge in [-0.15, -0.1) is 0 Å². The quantitative estimate of drug-likeness (QED) is 0.612. The zero-order valence-electron chi connectivity index (χ0n) is 12.2. The number of carboxylic acids is 1. The molecule has 0 unspecified atom stereocenters. The van der Waals surface area contributed by atoms with E-state index >= 15 is 0 Å². The van der Waals surface area contributed by atoms with E-state index in [0.29, 0.717) is 22.6 Å². The van der Waals surface area contributed by atoms with Crippen LogP contribution >= 0.6 is 35.7 Å². The number of benzene rings is 1. The summed E-state index contributed by atoms with van der Waals surface area (Å²) in [5.74, 6) is -1.32. The number of thiocarbonyl (C=S) groups is 1. The normalized spacial score (nSPS) is 17.8. The van der Waals surface area contributed by atoms with E-state index in [1.807, 2.05) is 6.26 Å². The molecule has 122 valence electrons. The smallest absolute Gasteiger partial charge is 0.326 e. The van der Waals surface area contributed by atoms with Gasteiger partial charge >= 0.3 is 5.97 Å². The van der Waals surface area contributed by atoms with E-state index < -0.39 is 23.7 Å². The molecule has 1 heterocycles. The Morgan fingerprint density at radius 1 is 1.57 bits per heavy atom. The molecule has 1 atom stereocenters. The maximum atomic E-state index is 13.2. The third kappa shape index (κ3) is 4.33. The lowest BCUT2D eigenvalue weighted by molar-refractivity contribution is -0.145. The molecule has 1 fully saturated rings. The number of hydrogen-bond donors (Lipinski definition) is 1. The molecule has 1 aliphatic rings. The van der Waals surface area contributed by atoms with Crippen molar-refractivity contribution in [1.82, 2.24) is 4.90 Å². The SMILES string of the molecule is CSCC[C@H](C(=O)O)N1C(=O)C(=Cc2cccc(F)c2)SC1=S. The minimum Gasteiger partial charge on any atom is -0.480 e. The van der Waals surface area contributed by atoms with Crippen LogP contribution in [0.2, 0.25) is 0 Å². The average Bonchev–Trinajstić information content (AvgIpc) is 2.75. The molecular weight excluding hydrogens is 357 g/mol. The number of carboxylic acid groups (broad SMARTS) is 1. The molecule has 0 aromatic heterocycles. The molecule has 1 aromatic carbocycles. The van der Waals surface area contributed by atoms with Crippen molar-refractivity contribution < 1.29 is 19.1 Å². The molecule has 0 spiro atoms. The summed E-state index contributed by atoms with van der Waals surface area (Å²) < 4.78 is 13.4. The van der Waals surface area contributed by atoms with E-state index in [4.69, 9.17) is 12.2 Å². The minimum absolute atomic E-state index is 0.214. The summed E-state index contributed by atoms with van der Waals surface area (Å²) in [6, 6.07) is 4.84. The summed E-state index contributed by atoms with van der Waals surface area (Å²) in [6.07, 6.45) is 3.71. The van der Waals surface area contributed by atoms with Crippen LogP contribution in [-0.4, -0.2) is 44.3 Å². The van der Waals surface area contributed by atoms with Crippen LogP contribution in [0.4, 0.5) is 4.39 Å². The van der Waals surface area contributed by atoms with Gasteiger partial charge in [0.2, 0.25) is 0 Å². The highest BCUT2D eigenvalue weighted by Crippen LogP contribution is 2.34. The Morgan fingerprint density at radius 2 is 2.30 bits per heavy atom. The maximum absolute atomic E-state index is 13.2. The van der Waals surface area contributed by atoms with Crippen molar-refractivity contribution in [1.29, 1.82) is 0 Å². The van der Waals surface area contributed by atoms with E-state index in [2.05, 4.69) is 0 Å². The van der Waals surface area contributed by atoms with Gasteiger partial charge in [-0.05, 0) is 42.2 Å². The van der Waals surface area contributed by atoms with Crippen molar-refractivity contribution in [2.45, 2.75) is 12.5 Å². The molecule has 1 saturated heterocycles. The van der Waals surface area contributed by atoms with Crippen molar-refractivity contribution in [3.05, 3.63) is 40.6 Å². The summed E-state index contributed by atoms with van der Waals surface area (Å²) in [5.41, 5.74) is 0.529. The number of amides is 1. The molecule has 1 N–H and O–H groups in total. The number of nitrogens with zero attached hydrogens (tertiary/aromatic N) is 1. The molecule has 1 aliphatic heterocycles. The van der Waals surface area contributed by atoms with E-state index in [1.165, 1.54) is 30.0 Å². The third-order valence-electron chi connectivity index (χ3n) is 3.16. The van der Waals surface area contributed by atoms with Gasteiger partial charge in [0.25, 0.3) is 5.91 Å². The topological polar surface area (TPSA) is 57.6 Å². The Morgan fingerprint density at radius 3 is 2.91 bits per heavy atom. The Kier molecular flexibility index (Phi) is 6.20. The van der Waals surface area contributed by atoms with Gasteiger partial charge in [-0.3, -0.25) is 9.69 Å². The van der Waals surface area contributed by atoms with Crippen molar-refractivity contribution in [2.24, 2.45) is 0 Å². The Labute approximate surface area is 147 Å². The molecule has 0 aliphatic carbocycles. The average molecular weight is 371 g/mol. The second kappa shape index (κ2) is 7.94. The zero-order chi connectivity index (χ0) is 17.0. The Bertz CT molecular complexity index is 678. The van der Waals surface area contributed by atoms with Crippen LogP contribution in [0.3, 0.4) is 0 Å². The van der Waals surface area contributed by atoms with Gasteiger partial charge in [0.15, 0.2) is 0 Å². The van der Waals surface area contributed by atoms with Gasteiger partial charge in [0, 0.05) is 0 Å². The fraction of sp³-hybridized carbons (Fsp3) is 0.267. The van der Waals surface area contributed by atoms with Crippen LogP contribution < -0.4 is 0 Å². The number of hydrogen-bond acceptors (Lipinski definition) is 5. The van der Waals surface area contributed by atoms with Crippen molar-refractivity contribution in [2.75, 3.05) is 12.0 Å². The van der Waals surface area contributed by atoms with Crippen molar-refractivity contribution >= 4 is 58.0 Å². The number of carbonyl (C=O) groups is 2. The standard InChI is InChI=1S/C15H14FNO3S3/c1-22-6-5-11(14(19)20)17-13(18)12(23-15(17)21)8-9-3-2-4-10(16)7-9/h2-4,7-8,11H,5-6H2,1H3,(H,19,20)/t11-/m1/s1. The summed E-state index contributed by atoms with van der Waals surface area (Å²) in [4.78, 5) is 25.4. The van der Waals surface area contributed by atoms with Crippen LogP contribution in [0, 0.1) is 5.82 Å². The van der Waals surface area contributed by atoms with Crippen LogP contribution in [0.25, 0.3) is 6.08 Å². The highest BCUT2D eigenvalue weighted by atomic mass is 32.2. The van der Waals surface area contributed by atoms with E-state index in [1.54, 1.807) is 12.1 Å². The predicted molar refractivity (Wildman–Crippen MR) is 95.8 cm³/mol. The second-order valence-corrected chi connectivity index (χ2v) is 7.40. The molecule has 8 heteroatoms. The fourth-order valence-electron chi connectivity index (χ4n) is 2.09. The van der Waals surface area contributed by atoms with Crippen molar-refractivity contribution in [3.63, 3.8) is 0 Å². The first-order chi connectivity index (χ1) is 10.9. The number of carbonyl (C=O) groups excluding carboxylic acids is 1. The number of thioether (sulfide) groups is 2. The molecule has 23 heavy (non-hydrogen) atoms. The lowest BCUT2D eigenvalue weighted by Gasteiger charge is -2.22. The van der Waals surface area contributed by atoms with Crippen LogP contribution in [0.15, 0.2) is 29.2 Å². The van der Waals surface area contributed by atoms with Crippen LogP contribution in [0.5, 0.6) is 0 Å². The summed E-state index contributed by atoms with van der Waals surface area (Å²) >= 11 is 7.71. The lowest BCUT2D eigenvalue weighted by Crippen LogP contribution is -2.44. The Hall–Kier alpha value is -1.38. The molecule has 2 rings (SSSR count). The van der Waals surface area contributed by atoms with Gasteiger partial charge in [-0.1, -0.05) is 36.1 Å². The first-order valence-corrected chi connectivity index (χ1v) is 9.30. The summed E-state index contributed by atoms with van der Waals surface area (Å²) in [6.45, 7) is 0. The monoisotopic (exact) mass is 371 g/mol. The van der Waals surface area contributed by atoms with Gasteiger partial charge in [-0.2, -0.15) is 11.8 Å². The second-order valence-electron chi connectivity index (χ2n) is 4.74. The Balaban J connectivity index is 2.26. The predicted octanol–water partition coefficient (Wildman–Crippen LogP) is 3.23. The molecular formula is C15H14FNO3S3. The van der Waals surface area contributed by atoms with Gasteiger partial charge < -0.3 is 5.11 Å². The highest BCUT2D eigenvalue weighted by Gasteiger charge is 2.40. The molecule has 1 amide bonds. The van der Waals surface area contributed by atoms with E-state index in [0.717, 1.165) is 16.7 Å². The maximum Gasteiger partial charge on any atom is 0.326 e. The molecule has 0 radical (unpaired) electrons. The first kappa shape index (κ1) is 18.0. The zero-order valence-corrected chi connectivity index (χ0v) is 14.6. The third-order valence-corrected chi connectivity index (χ3v) is 5.14. The largest absolute Gasteiger partial charge is 0.480 e. The van der Waals surface area contributed by atoms with E-state index in [-0.39, 0.29) is 4.32 Å². The van der Waals surface area contributed by atoms with E-state index in [9.17, 15) is 19.1 Å². The first-order valence-electron chi connectivity index (χ1n) is 6.68. The van der Waals surface area contributed by atoms with Gasteiger partial charge in [0.1, 0.15) is 16.2 Å². The summed E-state index contributed by atoms with van der Waals surface area (Å²) in [5, 5.41) is 9.37. The summed E-state index contributed by atoms with van der Waals surface area (Å²) in [7, 11) is 0. The molecule has 4 nitrogen and oxygen atoms in total. The lowest BCUT2D eigenvalue weighted by atomic mass is 10.1. The van der Waals surface area contributed by atoms with Crippen LogP contribution in [-0.2, 0) is 9.59 Å². The molecule has 0 saturated carbocycles. The molecule has 0 bridgehead atoms. The molecule has 1 aromatic rings. The number of halogens is 1. The number of rotatable bonds is 6. The van der Waals surface area contributed by atoms with Crippen LogP contribution in [0.1, 0.15) is 12.0 Å². The van der Waals surface area contributed by atoms with Gasteiger partial charge in [0.05, 0.1) is 4.91 Å². The minimum atomic E-state index is -1.08.